The molecule has 0 N–H and O–H groups in total. The van der Waals surface area contributed by atoms with E-state index in [1.807, 2.05) is 0 Å². The molecule has 0 bridgehead atoms. The van der Waals surface area contributed by atoms with Crippen LogP contribution >= 0.6 is 0 Å². The largest absolute Gasteiger partial charge is 0.303 e. The smallest absolute Gasteiger partial charge is 0.120 e. The molecule has 2 saturated carbocycles. The van der Waals surface area contributed by atoms with Crippen molar-refractivity contribution in [3.8, 4) is 0 Å². The molecule has 98 valence electrons. The predicted octanol–water partition coefficient (Wildman–Crippen LogP) is 4.74. The Balaban J connectivity index is 1.85. The minimum Gasteiger partial charge on any atom is -0.303 e. The molecule has 17 heavy (non-hydrogen) atoms. The molecule has 2 aliphatic rings. The van der Waals surface area contributed by atoms with E-state index in [0.717, 1.165) is 24.5 Å². The van der Waals surface area contributed by atoms with Crippen LogP contribution in [0, 0.1) is 17.3 Å². The van der Waals surface area contributed by atoms with Gasteiger partial charge in [-0.2, -0.15) is 0 Å². The molecule has 2 rings (SSSR count). The van der Waals surface area contributed by atoms with Gasteiger partial charge in [-0.25, -0.2) is 0 Å². The van der Waals surface area contributed by atoms with Gasteiger partial charge in [-0.15, -0.1) is 0 Å². The number of hydrogen-bond acceptors (Lipinski definition) is 1. The molecule has 0 aromatic carbocycles. The van der Waals surface area contributed by atoms with Crippen molar-refractivity contribution in [2.45, 2.75) is 77.6 Å². The fourth-order valence-electron chi connectivity index (χ4n) is 4.21. The zero-order valence-electron chi connectivity index (χ0n) is 11.4. The third-order valence-corrected chi connectivity index (χ3v) is 5.67. The highest BCUT2D eigenvalue weighted by atomic mass is 16.1. The van der Waals surface area contributed by atoms with E-state index >= 15 is 0 Å². The minimum absolute atomic E-state index is 0.382. The first kappa shape index (κ1) is 13.1. The summed E-state index contributed by atoms with van der Waals surface area (Å²) in [5.74, 6) is 2.01. The summed E-state index contributed by atoms with van der Waals surface area (Å²) in [6, 6.07) is 0. The van der Waals surface area contributed by atoms with E-state index in [2.05, 4.69) is 6.92 Å². The van der Waals surface area contributed by atoms with Crippen molar-refractivity contribution in [1.29, 1.82) is 0 Å². The van der Waals surface area contributed by atoms with Gasteiger partial charge in [-0.05, 0) is 42.9 Å². The van der Waals surface area contributed by atoms with E-state index < -0.39 is 0 Å². The van der Waals surface area contributed by atoms with Crippen molar-refractivity contribution in [3.05, 3.63) is 0 Å². The minimum atomic E-state index is 0.382. The van der Waals surface area contributed by atoms with Crippen molar-refractivity contribution >= 4 is 6.29 Å². The van der Waals surface area contributed by atoms with E-state index in [4.69, 9.17) is 0 Å². The van der Waals surface area contributed by atoms with E-state index in [9.17, 15) is 4.79 Å². The average molecular weight is 236 g/mol. The van der Waals surface area contributed by atoms with Crippen LogP contribution in [0.5, 0.6) is 0 Å². The maximum atomic E-state index is 10.8. The summed E-state index contributed by atoms with van der Waals surface area (Å²) >= 11 is 0. The summed E-state index contributed by atoms with van der Waals surface area (Å²) in [7, 11) is 0. The van der Waals surface area contributed by atoms with Crippen molar-refractivity contribution in [2.75, 3.05) is 0 Å². The lowest BCUT2D eigenvalue weighted by atomic mass is 9.63. The monoisotopic (exact) mass is 236 g/mol. The Morgan fingerprint density at radius 1 is 1.00 bits per heavy atom. The van der Waals surface area contributed by atoms with E-state index in [0.29, 0.717) is 5.41 Å². The molecule has 0 saturated heterocycles. The van der Waals surface area contributed by atoms with Gasteiger partial charge < -0.3 is 4.79 Å². The third-order valence-electron chi connectivity index (χ3n) is 5.67. The van der Waals surface area contributed by atoms with E-state index in [1.165, 1.54) is 64.2 Å². The second-order valence-electron chi connectivity index (χ2n) is 6.46. The first-order valence-electron chi connectivity index (χ1n) is 7.73. The SMILES string of the molecule is CCC1(CC=O)CCC(C2CCCCC2)CC1. The van der Waals surface area contributed by atoms with Crippen LogP contribution in [0.3, 0.4) is 0 Å². The van der Waals surface area contributed by atoms with Crippen LogP contribution in [0.4, 0.5) is 0 Å². The Morgan fingerprint density at radius 3 is 2.12 bits per heavy atom. The molecule has 0 unspecified atom stereocenters. The zero-order chi connectivity index (χ0) is 12.1. The fourth-order valence-corrected chi connectivity index (χ4v) is 4.21. The molecule has 1 heteroatoms. The topological polar surface area (TPSA) is 17.1 Å². The number of rotatable bonds is 4. The fraction of sp³-hybridized carbons (Fsp3) is 0.938. The Kier molecular flexibility index (Phi) is 4.64. The van der Waals surface area contributed by atoms with Crippen LogP contribution in [0.2, 0.25) is 0 Å². The Labute approximate surface area is 106 Å². The molecule has 0 atom stereocenters. The normalized spacial score (nSPS) is 35.7. The van der Waals surface area contributed by atoms with Gasteiger partial charge >= 0.3 is 0 Å². The summed E-state index contributed by atoms with van der Waals surface area (Å²) in [6.45, 7) is 2.27. The highest BCUT2D eigenvalue weighted by Gasteiger charge is 2.36. The number of aldehydes is 1. The molecule has 2 fully saturated rings. The van der Waals surface area contributed by atoms with Crippen LogP contribution in [0.15, 0.2) is 0 Å². The Hall–Kier alpha value is -0.330. The molecular weight excluding hydrogens is 208 g/mol. The van der Waals surface area contributed by atoms with E-state index in [-0.39, 0.29) is 0 Å². The quantitative estimate of drug-likeness (QED) is 0.644. The average Bonchev–Trinajstić information content (AvgIpc) is 2.41. The van der Waals surface area contributed by atoms with E-state index in [1.54, 1.807) is 0 Å². The van der Waals surface area contributed by atoms with Crippen molar-refractivity contribution in [1.82, 2.24) is 0 Å². The van der Waals surface area contributed by atoms with Gasteiger partial charge in [0.05, 0.1) is 0 Å². The standard InChI is InChI=1S/C16H28O/c1-2-16(12-13-17)10-8-15(9-11-16)14-6-4-3-5-7-14/h13-15H,2-12H2,1H3. The molecule has 0 aliphatic heterocycles. The summed E-state index contributed by atoms with van der Waals surface area (Å²) < 4.78 is 0. The zero-order valence-corrected chi connectivity index (χ0v) is 11.4. The third kappa shape index (κ3) is 3.11. The number of carbonyl (C=O) groups is 1. The lowest BCUT2D eigenvalue weighted by Crippen LogP contribution is -2.31. The maximum Gasteiger partial charge on any atom is 0.120 e. The van der Waals surface area contributed by atoms with Crippen LogP contribution in [0.25, 0.3) is 0 Å². The molecular formula is C16H28O. The molecule has 2 aliphatic carbocycles. The molecule has 0 aromatic heterocycles. The highest BCUT2D eigenvalue weighted by Crippen LogP contribution is 2.47. The molecule has 0 radical (unpaired) electrons. The van der Waals surface area contributed by atoms with Crippen LogP contribution in [-0.4, -0.2) is 6.29 Å². The Morgan fingerprint density at radius 2 is 1.59 bits per heavy atom. The molecule has 1 nitrogen and oxygen atoms in total. The molecule has 0 aromatic rings. The molecule has 0 spiro atoms. The predicted molar refractivity (Wildman–Crippen MR) is 71.9 cm³/mol. The van der Waals surface area contributed by atoms with Gasteiger partial charge in [0, 0.05) is 6.42 Å². The van der Waals surface area contributed by atoms with Gasteiger partial charge in [-0.1, -0.05) is 45.4 Å². The molecule has 0 heterocycles. The van der Waals surface area contributed by atoms with Gasteiger partial charge in [0.25, 0.3) is 0 Å². The molecule has 0 amide bonds. The van der Waals surface area contributed by atoms with Crippen molar-refractivity contribution in [3.63, 3.8) is 0 Å². The summed E-state index contributed by atoms with van der Waals surface area (Å²) in [4.78, 5) is 10.8. The highest BCUT2D eigenvalue weighted by molar-refractivity contribution is 5.50. The first-order valence-corrected chi connectivity index (χ1v) is 7.73. The van der Waals surface area contributed by atoms with Crippen molar-refractivity contribution < 1.29 is 4.79 Å². The van der Waals surface area contributed by atoms with Gasteiger partial charge in [0.15, 0.2) is 0 Å². The van der Waals surface area contributed by atoms with Gasteiger partial charge in [0.2, 0.25) is 0 Å². The maximum absolute atomic E-state index is 10.8. The van der Waals surface area contributed by atoms with Crippen LogP contribution < -0.4 is 0 Å². The summed E-state index contributed by atoms with van der Waals surface area (Å²) in [5, 5.41) is 0. The second kappa shape index (κ2) is 6.02. The van der Waals surface area contributed by atoms with Crippen LogP contribution in [0.1, 0.15) is 77.6 Å². The number of carbonyl (C=O) groups excluding carboxylic acids is 1. The second-order valence-corrected chi connectivity index (χ2v) is 6.46. The van der Waals surface area contributed by atoms with Crippen molar-refractivity contribution in [2.24, 2.45) is 17.3 Å². The number of hydrogen-bond donors (Lipinski definition) is 0. The van der Waals surface area contributed by atoms with Gasteiger partial charge in [0.1, 0.15) is 6.29 Å². The van der Waals surface area contributed by atoms with Gasteiger partial charge in [-0.3, -0.25) is 0 Å². The van der Waals surface area contributed by atoms with Crippen LogP contribution in [-0.2, 0) is 4.79 Å². The Bertz CT molecular complexity index is 232. The lowest BCUT2D eigenvalue weighted by Gasteiger charge is -2.42. The summed E-state index contributed by atoms with van der Waals surface area (Å²) in [5.41, 5.74) is 0.382. The first-order chi connectivity index (χ1) is 8.29. The summed E-state index contributed by atoms with van der Waals surface area (Å²) in [6.07, 6.45) is 15.9. The lowest BCUT2D eigenvalue weighted by molar-refractivity contribution is -0.110.